The zero-order valence-electron chi connectivity index (χ0n) is 20.6. The SMILES string of the molecule is C=C/C=C(\C=C)Nc1cc(=O)c2c(C)cc(C(=O)c3cccc(F)c3)nc2n1-c1ccccc1.CC. The van der Waals surface area contributed by atoms with Gasteiger partial charge in [-0.15, -0.1) is 0 Å². The van der Waals surface area contributed by atoms with Gasteiger partial charge in [0.15, 0.2) is 11.1 Å². The maximum atomic E-state index is 13.7. The van der Waals surface area contributed by atoms with Gasteiger partial charge in [-0.2, -0.15) is 0 Å². The number of aryl methyl sites for hydroxylation is 1. The number of allylic oxidation sites excluding steroid dienone is 3. The molecule has 2 aromatic carbocycles. The molecule has 0 atom stereocenters. The largest absolute Gasteiger partial charge is 0.341 e. The summed E-state index contributed by atoms with van der Waals surface area (Å²) >= 11 is 0. The number of fused-ring (bicyclic) bond motifs is 1. The Morgan fingerprint density at radius 2 is 1.75 bits per heavy atom. The molecular formula is C30H28FN3O2. The van der Waals surface area contributed by atoms with Crippen LogP contribution in [-0.4, -0.2) is 15.3 Å². The van der Waals surface area contributed by atoms with E-state index in [1.165, 1.54) is 30.3 Å². The average Bonchev–Trinajstić information content (AvgIpc) is 2.89. The van der Waals surface area contributed by atoms with Crippen molar-refractivity contribution in [3.05, 3.63) is 137 Å². The molecule has 4 aromatic rings. The molecule has 2 heterocycles. The first-order chi connectivity index (χ1) is 17.4. The molecule has 0 saturated heterocycles. The van der Waals surface area contributed by atoms with Gasteiger partial charge in [0.1, 0.15) is 17.3 Å². The molecule has 0 unspecified atom stereocenters. The second-order valence-corrected chi connectivity index (χ2v) is 7.61. The minimum Gasteiger partial charge on any atom is -0.341 e. The van der Waals surface area contributed by atoms with E-state index in [9.17, 15) is 14.0 Å². The van der Waals surface area contributed by atoms with E-state index in [-0.39, 0.29) is 16.7 Å². The number of rotatable bonds is 7. The fourth-order valence-electron chi connectivity index (χ4n) is 3.76. The van der Waals surface area contributed by atoms with Gasteiger partial charge in [0.2, 0.25) is 5.78 Å². The molecule has 5 nitrogen and oxygen atoms in total. The van der Waals surface area contributed by atoms with Gasteiger partial charge < -0.3 is 5.32 Å². The summed E-state index contributed by atoms with van der Waals surface area (Å²) in [6, 6.07) is 17.9. The van der Waals surface area contributed by atoms with Gasteiger partial charge in [-0.25, -0.2) is 9.37 Å². The Labute approximate surface area is 210 Å². The number of nitrogens with zero attached hydrogens (tertiary/aromatic N) is 2. The number of pyridine rings is 2. The van der Waals surface area contributed by atoms with Crippen molar-refractivity contribution in [2.75, 3.05) is 5.32 Å². The smallest absolute Gasteiger partial charge is 0.211 e. The summed E-state index contributed by atoms with van der Waals surface area (Å²) in [6.07, 6.45) is 4.93. The Morgan fingerprint density at radius 3 is 2.39 bits per heavy atom. The first-order valence-electron chi connectivity index (χ1n) is 11.6. The maximum absolute atomic E-state index is 13.7. The predicted octanol–water partition coefficient (Wildman–Crippen LogP) is 6.76. The summed E-state index contributed by atoms with van der Waals surface area (Å²) in [4.78, 5) is 30.9. The number of para-hydroxylation sites is 1. The van der Waals surface area contributed by atoms with Gasteiger partial charge >= 0.3 is 0 Å². The molecule has 4 rings (SSSR count). The quantitative estimate of drug-likeness (QED) is 0.234. The number of aromatic nitrogens is 2. The third-order valence-corrected chi connectivity index (χ3v) is 5.29. The normalized spacial score (nSPS) is 10.8. The number of benzene rings is 2. The van der Waals surface area contributed by atoms with Crippen LogP contribution in [0.2, 0.25) is 0 Å². The van der Waals surface area contributed by atoms with Crippen molar-refractivity contribution in [2.45, 2.75) is 20.8 Å². The second kappa shape index (κ2) is 11.7. The highest BCUT2D eigenvalue weighted by molar-refractivity contribution is 6.08. The number of carbonyl (C=O) groups is 1. The number of carbonyl (C=O) groups excluding carboxylic acids is 1. The van der Waals surface area contributed by atoms with Crippen molar-refractivity contribution in [1.82, 2.24) is 9.55 Å². The van der Waals surface area contributed by atoms with Crippen LogP contribution in [0.3, 0.4) is 0 Å². The van der Waals surface area contributed by atoms with E-state index in [2.05, 4.69) is 23.5 Å². The molecule has 182 valence electrons. The van der Waals surface area contributed by atoms with Crippen LogP contribution in [0.25, 0.3) is 16.7 Å². The van der Waals surface area contributed by atoms with Crippen molar-refractivity contribution in [2.24, 2.45) is 0 Å². The maximum Gasteiger partial charge on any atom is 0.211 e. The summed E-state index contributed by atoms with van der Waals surface area (Å²) in [5.41, 5.74) is 2.31. The first-order valence-corrected chi connectivity index (χ1v) is 11.6. The lowest BCUT2D eigenvalue weighted by molar-refractivity contribution is 0.103. The van der Waals surface area contributed by atoms with E-state index in [1.54, 1.807) is 35.8 Å². The molecule has 6 heteroatoms. The Bertz CT molecular complexity index is 1520. The van der Waals surface area contributed by atoms with Crippen LogP contribution in [0.5, 0.6) is 0 Å². The number of hydrogen-bond acceptors (Lipinski definition) is 4. The highest BCUT2D eigenvalue weighted by Gasteiger charge is 2.19. The van der Waals surface area contributed by atoms with Crippen LogP contribution in [0.4, 0.5) is 10.2 Å². The van der Waals surface area contributed by atoms with E-state index >= 15 is 0 Å². The lowest BCUT2D eigenvalue weighted by Crippen LogP contribution is -2.17. The highest BCUT2D eigenvalue weighted by atomic mass is 19.1. The number of halogens is 1. The van der Waals surface area contributed by atoms with E-state index < -0.39 is 11.6 Å². The molecule has 0 amide bonds. The third-order valence-electron chi connectivity index (χ3n) is 5.29. The molecule has 0 radical (unpaired) electrons. The molecule has 1 N–H and O–H groups in total. The third kappa shape index (κ3) is 5.39. The molecule has 0 fully saturated rings. The molecule has 0 saturated carbocycles. The molecule has 0 aliphatic rings. The zero-order valence-corrected chi connectivity index (χ0v) is 20.6. The van der Waals surface area contributed by atoms with Crippen molar-refractivity contribution < 1.29 is 9.18 Å². The number of hydrogen-bond donors (Lipinski definition) is 1. The molecular weight excluding hydrogens is 453 g/mol. The fourth-order valence-corrected chi connectivity index (χ4v) is 3.76. The van der Waals surface area contributed by atoms with E-state index in [0.717, 1.165) is 5.69 Å². The number of ketones is 1. The van der Waals surface area contributed by atoms with Gasteiger partial charge in [-0.1, -0.05) is 63.4 Å². The highest BCUT2D eigenvalue weighted by Crippen LogP contribution is 2.25. The molecule has 0 aliphatic carbocycles. The topological polar surface area (TPSA) is 64.0 Å². The van der Waals surface area contributed by atoms with Crippen LogP contribution >= 0.6 is 0 Å². The standard InChI is InChI=1S/C28H22FN3O2.C2H6/c1-4-10-21(5-2)30-25-17-24(33)26-18(3)15-23(27(34)19-11-9-12-20(29)16-19)31-28(26)32(25)22-13-7-6-8-14-22;1-2/h4-17,30H,1-2H2,3H3;1-2H3/b21-10+;. The van der Waals surface area contributed by atoms with Crippen LogP contribution < -0.4 is 10.7 Å². The number of nitrogens with one attached hydrogen (secondary N) is 1. The number of anilines is 1. The first kappa shape index (κ1) is 26.0. The Morgan fingerprint density at radius 1 is 1.03 bits per heavy atom. The minimum atomic E-state index is -0.512. The molecule has 0 spiro atoms. The monoisotopic (exact) mass is 481 g/mol. The molecule has 2 aromatic heterocycles. The van der Waals surface area contributed by atoms with Crippen molar-refractivity contribution in [3.63, 3.8) is 0 Å². The van der Waals surface area contributed by atoms with Gasteiger partial charge in [0.05, 0.1) is 5.39 Å². The van der Waals surface area contributed by atoms with Gasteiger partial charge in [0.25, 0.3) is 0 Å². The van der Waals surface area contributed by atoms with Crippen molar-refractivity contribution >= 4 is 22.6 Å². The summed E-state index contributed by atoms with van der Waals surface area (Å²) in [5, 5.41) is 3.58. The lowest BCUT2D eigenvalue weighted by atomic mass is 10.0. The summed E-state index contributed by atoms with van der Waals surface area (Å²) in [6.45, 7) is 13.3. The zero-order chi connectivity index (χ0) is 26.2. The van der Waals surface area contributed by atoms with E-state index in [4.69, 9.17) is 0 Å². The van der Waals surface area contributed by atoms with Gasteiger partial charge in [-0.05, 0) is 55.0 Å². The molecule has 0 aliphatic heterocycles. The van der Waals surface area contributed by atoms with E-state index in [0.29, 0.717) is 28.1 Å². The van der Waals surface area contributed by atoms with Gasteiger partial charge in [0, 0.05) is 23.0 Å². The Balaban J connectivity index is 0.00000176. The van der Waals surface area contributed by atoms with Crippen molar-refractivity contribution in [1.29, 1.82) is 0 Å². The summed E-state index contributed by atoms with van der Waals surface area (Å²) < 4.78 is 15.5. The van der Waals surface area contributed by atoms with Crippen LogP contribution in [-0.2, 0) is 0 Å². The summed E-state index contributed by atoms with van der Waals surface area (Å²) in [5.74, 6) is -0.505. The van der Waals surface area contributed by atoms with Crippen molar-refractivity contribution in [3.8, 4) is 5.69 Å². The lowest BCUT2D eigenvalue weighted by Gasteiger charge is -2.19. The fraction of sp³-hybridized carbons (Fsp3) is 0.100. The summed E-state index contributed by atoms with van der Waals surface area (Å²) in [7, 11) is 0. The minimum absolute atomic E-state index is 0.113. The molecule has 36 heavy (non-hydrogen) atoms. The van der Waals surface area contributed by atoms with Gasteiger partial charge in [-0.3, -0.25) is 14.2 Å². The Kier molecular flexibility index (Phi) is 8.47. The second-order valence-electron chi connectivity index (χ2n) is 7.61. The predicted molar refractivity (Wildman–Crippen MR) is 145 cm³/mol. The van der Waals surface area contributed by atoms with E-state index in [1.807, 2.05) is 44.2 Å². The molecule has 0 bridgehead atoms. The van der Waals surface area contributed by atoms with Crippen LogP contribution in [0.1, 0.15) is 35.5 Å². The average molecular weight is 482 g/mol. The van der Waals surface area contributed by atoms with Crippen LogP contribution in [0.15, 0.2) is 109 Å². The Hall–Kier alpha value is -4.58. The van der Waals surface area contributed by atoms with Crippen LogP contribution in [0, 0.1) is 12.7 Å².